The zero-order valence-corrected chi connectivity index (χ0v) is 16.8. The molecule has 2 N–H and O–H groups in total. The number of phenols is 1. The molecule has 1 atom stereocenters. The van der Waals surface area contributed by atoms with Crippen molar-refractivity contribution in [3.8, 4) is 22.8 Å². The second-order valence-corrected chi connectivity index (χ2v) is 7.35. The predicted octanol–water partition coefficient (Wildman–Crippen LogP) is 3.93. The van der Waals surface area contributed by atoms with E-state index in [2.05, 4.69) is 15.2 Å². The van der Waals surface area contributed by atoms with Crippen molar-refractivity contribution >= 4 is 5.91 Å². The number of aromatic hydroxyl groups is 1. The zero-order chi connectivity index (χ0) is 21.4. The number of aromatic amines is 1. The summed E-state index contributed by atoms with van der Waals surface area (Å²) in [6.07, 6.45) is 3.46. The third-order valence-electron chi connectivity index (χ3n) is 5.51. The molecule has 0 radical (unpaired) electrons. The number of fused-ring (bicyclic) bond motifs is 1. The molecule has 1 aliphatic heterocycles. The SMILES string of the molecule is COc1cccc(C2c3c(-c4ccccc4O)n[nH]c3C(=O)N2Cc2cccnc2)c1. The lowest BCUT2D eigenvalue weighted by molar-refractivity contribution is 0.0729. The number of hydrogen-bond acceptors (Lipinski definition) is 5. The molecule has 1 aliphatic rings. The second-order valence-electron chi connectivity index (χ2n) is 7.35. The lowest BCUT2D eigenvalue weighted by Gasteiger charge is -2.26. The van der Waals surface area contributed by atoms with Gasteiger partial charge >= 0.3 is 0 Å². The number of para-hydroxylation sites is 1. The number of carbonyl (C=O) groups is 1. The Morgan fingerprint density at radius 2 is 2.00 bits per heavy atom. The van der Waals surface area contributed by atoms with Gasteiger partial charge in [0.15, 0.2) is 0 Å². The van der Waals surface area contributed by atoms with Crippen LogP contribution in [-0.2, 0) is 6.54 Å². The minimum Gasteiger partial charge on any atom is -0.507 e. The molecule has 0 spiro atoms. The number of aromatic nitrogens is 3. The molecule has 2 aromatic heterocycles. The van der Waals surface area contributed by atoms with Gasteiger partial charge in [0.2, 0.25) is 0 Å². The number of H-pyrrole nitrogens is 1. The molecule has 0 saturated carbocycles. The van der Waals surface area contributed by atoms with Gasteiger partial charge in [0.05, 0.1) is 13.2 Å². The summed E-state index contributed by atoms with van der Waals surface area (Å²) in [6, 6.07) is 18.0. The first-order valence-electron chi connectivity index (χ1n) is 9.88. The Bertz CT molecular complexity index is 1250. The summed E-state index contributed by atoms with van der Waals surface area (Å²) >= 11 is 0. The van der Waals surface area contributed by atoms with Gasteiger partial charge in [-0.2, -0.15) is 5.10 Å². The first-order valence-corrected chi connectivity index (χ1v) is 9.88. The fourth-order valence-electron chi connectivity index (χ4n) is 4.09. The molecule has 154 valence electrons. The molecule has 0 saturated heterocycles. The fraction of sp³-hybridized carbons (Fsp3) is 0.125. The molecule has 3 heterocycles. The Hall–Kier alpha value is -4.13. The number of amides is 1. The van der Waals surface area contributed by atoms with Crippen molar-refractivity contribution in [3.63, 3.8) is 0 Å². The van der Waals surface area contributed by atoms with Crippen LogP contribution < -0.4 is 4.74 Å². The minimum absolute atomic E-state index is 0.111. The van der Waals surface area contributed by atoms with E-state index in [1.54, 1.807) is 42.6 Å². The van der Waals surface area contributed by atoms with E-state index in [0.717, 1.165) is 16.7 Å². The number of rotatable bonds is 5. The molecule has 0 aliphatic carbocycles. The highest BCUT2D eigenvalue weighted by Gasteiger charge is 2.42. The highest BCUT2D eigenvalue weighted by Crippen LogP contribution is 2.45. The second kappa shape index (κ2) is 7.60. The van der Waals surface area contributed by atoms with Crippen LogP contribution >= 0.6 is 0 Å². The number of nitrogens with one attached hydrogen (secondary N) is 1. The Kier molecular flexibility index (Phi) is 4.63. The molecule has 2 aromatic carbocycles. The molecule has 4 aromatic rings. The van der Waals surface area contributed by atoms with Gasteiger partial charge in [-0.1, -0.05) is 30.3 Å². The highest BCUT2D eigenvalue weighted by molar-refractivity contribution is 6.00. The van der Waals surface area contributed by atoms with Gasteiger partial charge in [-0.25, -0.2) is 0 Å². The van der Waals surface area contributed by atoms with E-state index in [4.69, 9.17) is 4.74 Å². The predicted molar refractivity (Wildman–Crippen MR) is 115 cm³/mol. The zero-order valence-electron chi connectivity index (χ0n) is 16.8. The Morgan fingerprint density at radius 1 is 1.13 bits per heavy atom. The van der Waals surface area contributed by atoms with Crippen molar-refractivity contribution in [3.05, 3.63) is 95.4 Å². The normalized spacial score (nSPS) is 15.2. The highest BCUT2D eigenvalue weighted by atomic mass is 16.5. The first kappa shape index (κ1) is 18.9. The van der Waals surface area contributed by atoms with Crippen molar-refractivity contribution in [2.75, 3.05) is 7.11 Å². The summed E-state index contributed by atoms with van der Waals surface area (Å²) in [5.41, 5.74) is 4.12. The lowest BCUT2D eigenvalue weighted by Crippen LogP contribution is -2.29. The summed E-state index contributed by atoms with van der Waals surface area (Å²) in [5, 5.41) is 17.7. The number of hydrogen-bond donors (Lipinski definition) is 2. The number of nitrogens with zero attached hydrogens (tertiary/aromatic N) is 3. The van der Waals surface area contributed by atoms with Crippen LogP contribution in [0.15, 0.2) is 73.1 Å². The van der Waals surface area contributed by atoms with E-state index in [0.29, 0.717) is 29.2 Å². The van der Waals surface area contributed by atoms with Gasteiger partial charge < -0.3 is 14.7 Å². The van der Waals surface area contributed by atoms with E-state index < -0.39 is 6.04 Å². The largest absolute Gasteiger partial charge is 0.507 e. The summed E-state index contributed by atoms with van der Waals surface area (Å²) < 4.78 is 5.42. The van der Waals surface area contributed by atoms with Crippen molar-refractivity contribution in [1.29, 1.82) is 0 Å². The molecule has 1 unspecified atom stereocenters. The quantitative estimate of drug-likeness (QED) is 0.518. The summed E-state index contributed by atoms with van der Waals surface area (Å²) in [4.78, 5) is 19.4. The number of carbonyl (C=O) groups excluding carboxylic acids is 1. The van der Waals surface area contributed by atoms with Gasteiger partial charge in [0.25, 0.3) is 5.91 Å². The van der Waals surface area contributed by atoms with Crippen LogP contribution in [0.25, 0.3) is 11.3 Å². The number of phenolic OH excluding ortho intramolecular Hbond substituents is 1. The molecule has 7 nitrogen and oxygen atoms in total. The smallest absolute Gasteiger partial charge is 0.273 e. The maximum absolute atomic E-state index is 13.4. The molecule has 0 fully saturated rings. The van der Waals surface area contributed by atoms with E-state index in [9.17, 15) is 9.90 Å². The molecular weight excluding hydrogens is 392 g/mol. The average Bonchev–Trinajstić information content (AvgIpc) is 3.34. The Balaban J connectivity index is 1.68. The topological polar surface area (TPSA) is 91.3 Å². The van der Waals surface area contributed by atoms with Gasteiger partial charge in [-0.05, 0) is 41.5 Å². The van der Waals surface area contributed by atoms with Gasteiger partial charge in [0, 0.05) is 30.1 Å². The molecule has 31 heavy (non-hydrogen) atoms. The van der Waals surface area contributed by atoms with Crippen molar-refractivity contribution < 1.29 is 14.6 Å². The first-order chi connectivity index (χ1) is 15.2. The van der Waals surface area contributed by atoms with Crippen LogP contribution in [0.5, 0.6) is 11.5 Å². The summed E-state index contributed by atoms with van der Waals surface area (Å²) in [6.45, 7) is 0.386. The van der Waals surface area contributed by atoms with Gasteiger partial charge in [-0.3, -0.25) is 14.9 Å². The monoisotopic (exact) mass is 412 g/mol. The van der Waals surface area contributed by atoms with E-state index in [1.807, 2.05) is 42.5 Å². The number of benzene rings is 2. The van der Waals surface area contributed by atoms with Crippen LogP contribution in [0.4, 0.5) is 0 Å². The van der Waals surface area contributed by atoms with Crippen LogP contribution in [0.2, 0.25) is 0 Å². The summed E-state index contributed by atoms with van der Waals surface area (Å²) in [5.74, 6) is 0.660. The van der Waals surface area contributed by atoms with Crippen molar-refractivity contribution in [2.45, 2.75) is 12.6 Å². The van der Waals surface area contributed by atoms with E-state index in [1.165, 1.54) is 0 Å². The number of pyridine rings is 1. The van der Waals surface area contributed by atoms with Gasteiger partial charge in [-0.15, -0.1) is 0 Å². The van der Waals surface area contributed by atoms with Crippen LogP contribution in [-0.4, -0.2) is 38.2 Å². The molecular formula is C24H20N4O3. The lowest BCUT2D eigenvalue weighted by atomic mass is 9.95. The Morgan fingerprint density at radius 3 is 2.77 bits per heavy atom. The van der Waals surface area contributed by atoms with E-state index >= 15 is 0 Å². The minimum atomic E-state index is -0.397. The molecule has 0 bridgehead atoms. The standard InChI is InChI=1S/C24H20N4O3/c1-31-17-8-4-7-16(12-17)23-20-21(18-9-2-3-10-19(18)29)26-27-22(20)24(30)28(23)14-15-6-5-11-25-13-15/h2-13,23,29H,14H2,1H3,(H,26,27). The maximum Gasteiger partial charge on any atom is 0.273 e. The average molecular weight is 412 g/mol. The third kappa shape index (κ3) is 3.20. The van der Waals surface area contributed by atoms with Crippen LogP contribution in [0, 0.1) is 0 Å². The Labute approximate surface area is 179 Å². The molecule has 1 amide bonds. The summed E-state index contributed by atoms with van der Waals surface area (Å²) in [7, 11) is 1.61. The maximum atomic E-state index is 13.4. The van der Waals surface area contributed by atoms with Crippen molar-refractivity contribution in [2.24, 2.45) is 0 Å². The third-order valence-corrected chi connectivity index (χ3v) is 5.51. The van der Waals surface area contributed by atoms with Crippen LogP contribution in [0.3, 0.4) is 0 Å². The number of ether oxygens (including phenoxy) is 1. The molecule has 5 rings (SSSR count). The van der Waals surface area contributed by atoms with Gasteiger partial charge in [0.1, 0.15) is 22.9 Å². The van der Waals surface area contributed by atoms with Crippen LogP contribution in [0.1, 0.15) is 33.2 Å². The number of methoxy groups -OCH3 is 1. The fourth-order valence-corrected chi connectivity index (χ4v) is 4.09. The molecule has 7 heteroatoms. The van der Waals surface area contributed by atoms with Crippen molar-refractivity contribution in [1.82, 2.24) is 20.1 Å². The van der Waals surface area contributed by atoms with E-state index in [-0.39, 0.29) is 11.7 Å².